The minimum absolute atomic E-state index is 0.0181. The summed E-state index contributed by atoms with van der Waals surface area (Å²) in [5.74, 6) is -12.5. The largest absolute Gasteiger partial charge is 0.479 e. The maximum atomic E-state index is 13.6. The Balaban J connectivity index is 1.52. The molecule has 0 saturated heterocycles. The molecule has 0 saturated carbocycles. The number of hydrogen-bond acceptors (Lipinski definition) is 5. The van der Waals surface area contributed by atoms with Crippen LogP contribution >= 0.6 is 0 Å². The van der Waals surface area contributed by atoms with Crippen molar-refractivity contribution in [3.63, 3.8) is 0 Å². The molecule has 0 aliphatic heterocycles. The molecular weight excluding hydrogens is 418 g/mol. The van der Waals surface area contributed by atoms with Crippen LogP contribution in [0, 0.1) is 34.9 Å². The SMILES string of the molecule is Fc1ccc(-c2noc(-c3ccc(COc4c(F)c(F)c(F)c(F)c4F)o3)n2)cc1. The average Bonchev–Trinajstić information content (AvgIpc) is 3.41. The highest BCUT2D eigenvalue weighted by Crippen LogP contribution is 2.30. The second kappa shape index (κ2) is 7.58. The molecule has 2 aromatic carbocycles. The number of rotatable bonds is 5. The smallest absolute Gasteiger partial charge is 0.293 e. The van der Waals surface area contributed by atoms with Gasteiger partial charge in [-0.1, -0.05) is 5.16 Å². The topological polar surface area (TPSA) is 61.3 Å². The van der Waals surface area contributed by atoms with Gasteiger partial charge in [0.2, 0.25) is 34.9 Å². The first kappa shape index (κ1) is 19.6. The summed E-state index contributed by atoms with van der Waals surface area (Å²) in [4.78, 5) is 4.08. The van der Waals surface area contributed by atoms with Crippen LogP contribution in [0.5, 0.6) is 5.75 Å². The molecule has 4 rings (SSSR count). The fourth-order valence-corrected chi connectivity index (χ4v) is 2.46. The molecule has 154 valence electrons. The van der Waals surface area contributed by atoms with E-state index >= 15 is 0 Å². The standard InChI is InChI=1S/C19H8F6N2O3/c20-9-3-1-8(2-4-9)18-26-19(30-27-18)11-6-5-10(29-11)7-28-17-15(24)13(22)12(21)14(23)16(17)25/h1-6H,7H2. The van der Waals surface area contributed by atoms with Gasteiger partial charge >= 0.3 is 0 Å². The molecule has 0 bridgehead atoms. The van der Waals surface area contributed by atoms with E-state index in [0.717, 1.165) is 0 Å². The Morgan fingerprint density at radius 3 is 2.07 bits per heavy atom. The normalized spacial score (nSPS) is 11.1. The van der Waals surface area contributed by atoms with Crippen LogP contribution in [0.25, 0.3) is 23.0 Å². The van der Waals surface area contributed by atoms with Crippen molar-refractivity contribution in [1.82, 2.24) is 10.1 Å². The summed E-state index contributed by atoms with van der Waals surface area (Å²) in [6.45, 7) is -0.642. The van der Waals surface area contributed by atoms with E-state index < -0.39 is 47.3 Å². The van der Waals surface area contributed by atoms with E-state index in [-0.39, 0.29) is 23.2 Å². The Morgan fingerprint density at radius 1 is 0.767 bits per heavy atom. The third-order valence-electron chi connectivity index (χ3n) is 3.93. The van der Waals surface area contributed by atoms with Gasteiger partial charge in [-0.25, -0.2) is 17.6 Å². The molecule has 0 spiro atoms. The quantitative estimate of drug-likeness (QED) is 0.243. The second-order valence-corrected chi connectivity index (χ2v) is 5.88. The molecule has 0 unspecified atom stereocenters. The van der Waals surface area contributed by atoms with E-state index in [4.69, 9.17) is 13.7 Å². The molecule has 2 heterocycles. The summed E-state index contributed by atoms with van der Waals surface area (Å²) in [6, 6.07) is 8.01. The first-order valence-corrected chi connectivity index (χ1v) is 8.18. The summed E-state index contributed by atoms with van der Waals surface area (Å²) in [6.07, 6.45) is 0. The molecule has 2 aromatic heterocycles. The molecule has 11 heteroatoms. The summed E-state index contributed by atoms with van der Waals surface area (Å²) in [7, 11) is 0. The lowest BCUT2D eigenvalue weighted by atomic mass is 10.2. The van der Waals surface area contributed by atoms with E-state index in [2.05, 4.69) is 10.1 Å². The van der Waals surface area contributed by atoms with Gasteiger partial charge in [-0.3, -0.25) is 0 Å². The van der Waals surface area contributed by atoms with Crippen LogP contribution in [0.1, 0.15) is 5.76 Å². The summed E-state index contributed by atoms with van der Waals surface area (Å²) >= 11 is 0. The monoisotopic (exact) mass is 426 g/mol. The van der Waals surface area contributed by atoms with E-state index in [1.807, 2.05) is 0 Å². The predicted octanol–water partition coefficient (Wildman–Crippen LogP) is 5.41. The molecule has 0 atom stereocenters. The highest BCUT2D eigenvalue weighted by molar-refractivity contribution is 5.57. The van der Waals surface area contributed by atoms with Crippen LogP contribution in [-0.4, -0.2) is 10.1 Å². The molecule has 0 aliphatic rings. The van der Waals surface area contributed by atoms with Crippen molar-refractivity contribution in [2.24, 2.45) is 0 Å². The van der Waals surface area contributed by atoms with Crippen LogP contribution in [0.3, 0.4) is 0 Å². The van der Waals surface area contributed by atoms with Crippen LogP contribution in [0.4, 0.5) is 26.3 Å². The molecular formula is C19H8F6N2O3. The van der Waals surface area contributed by atoms with Gasteiger partial charge in [0.15, 0.2) is 11.5 Å². The molecule has 0 amide bonds. The van der Waals surface area contributed by atoms with Gasteiger partial charge in [0.25, 0.3) is 5.89 Å². The van der Waals surface area contributed by atoms with Gasteiger partial charge in [0.05, 0.1) is 0 Å². The van der Waals surface area contributed by atoms with Crippen molar-refractivity contribution in [3.05, 3.63) is 77.1 Å². The Bertz CT molecular complexity index is 1190. The molecule has 0 fully saturated rings. The Labute approximate surface area is 163 Å². The number of nitrogens with zero attached hydrogens (tertiary/aromatic N) is 2. The van der Waals surface area contributed by atoms with E-state index in [0.29, 0.717) is 5.56 Å². The van der Waals surface area contributed by atoms with Crippen LogP contribution < -0.4 is 4.74 Å². The summed E-state index contributed by atoms with van der Waals surface area (Å²) in [5, 5.41) is 3.73. The second-order valence-electron chi connectivity index (χ2n) is 5.88. The van der Waals surface area contributed by atoms with Gasteiger partial charge in [-0.15, -0.1) is 0 Å². The zero-order valence-corrected chi connectivity index (χ0v) is 14.6. The molecule has 0 radical (unpaired) electrons. The van der Waals surface area contributed by atoms with E-state index in [1.54, 1.807) is 0 Å². The van der Waals surface area contributed by atoms with Gasteiger partial charge in [-0.2, -0.15) is 13.8 Å². The van der Waals surface area contributed by atoms with Crippen molar-refractivity contribution >= 4 is 0 Å². The minimum atomic E-state index is -2.29. The fourth-order valence-electron chi connectivity index (χ4n) is 2.46. The maximum Gasteiger partial charge on any atom is 0.293 e. The lowest BCUT2D eigenvalue weighted by Gasteiger charge is -2.08. The first-order valence-electron chi connectivity index (χ1n) is 8.18. The summed E-state index contributed by atoms with van der Waals surface area (Å²) < 4.78 is 94.8. The first-order chi connectivity index (χ1) is 14.3. The maximum absolute atomic E-state index is 13.6. The molecule has 30 heavy (non-hydrogen) atoms. The zero-order valence-electron chi connectivity index (χ0n) is 14.6. The number of aromatic nitrogens is 2. The summed E-state index contributed by atoms with van der Waals surface area (Å²) in [5.41, 5.74) is 0.479. The van der Waals surface area contributed by atoms with Gasteiger partial charge < -0.3 is 13.7 Å². The van der Waals surface area contributed by atoms with E-state index in [9.17, 15) is 26.3 Å². The predicted molar refractivity (Wildman–Crippen MR) is 88.0 cm³/mol. The number of ether oxygens (including phenoxy) is 1. The highest BCUT2D eigenvalue weighted by Gasteiger charge is 2.27. The van der Waals surface area contributed by atoms with Crippen LogP contribution in [0.15, 0.2) is 45.3 Å². The molecule has 5 nitrogen and oxygen atoms in total. The van der Waals surface area contributed by atoms with Gasteiger partial charge in [-0.05, 0) is 36.4 Å². The van der Waals surface area contributed by atoms with Crippen molar-refractivity contribution in [2.75, 3.05) is 0 Å². The third kappa shape index (κ3) is 3.49. The Kier molecular flexibility index (Phi) is 4.94. The molecule has 0 aliphatic carbocycles. The Hall–Kier alpha value is -3.76. The molecule has 0 N–H and O–H groups in total. The van der Waals surface area contributed by atoms with Gasteiger partial charge in [0, 0.05) is 5.56 Å². The average molecular weight is 426 g/mol. The zero-order chi connectivity index (χ0) is 21.4. The van der Waals surface area contributed by atoms with Crippen molar-refractivity contribution in [2.45, 2.75) is 6.61 Å². The third-order valence-corrected chi connectivity index (χ3v) is 3.93. The van der Waals surface area contributed by atoms with Crippen LogP contribution in [-0.2, 0) is 6.61 Å². The van der Waals surface area contributed by atoms with Crippen molar-refractivity contribution in [1.29, 1.82) is 0 Å². The fraction of sp³-hybridized carbons (Fsp3) is 0.0526. The van der Waals surface area contributed by atoms with Crippen molar-refractivity contribution < 1.29 is 40.0 Å². The number of benzene rings is 2. The lowest BCUT2D eigenvalue weighted by Crippen LogP contribution is -2.06. The minimum Gasteiger partial charge on any atom is -0.479 e. The number of furan rings is 1. The Morgan fingerprint density at radius 2 is 1.40 bits per heavy atom. The molecule has 4 aromatic rings. The lowest BCUT2D eigenvalue weighted by molar-refractivity contribution is 0.232. The number of halogens is 6. The van der Waals surface area contributed by atoms with Crippen LogP contribution in [0.2, 0.25) is 0 Å². The van der Waals surface area contributed by atoms with E-state index in [1.165, 1.54) is 36.4 Å². The highest BCUT2D eigenvalue weighted by atomic mass is 19.2. The van der Waals surface area contributed by atoms with Crippen molar-refractivity contribution in [3.8, 4) is 28.8 Å². The van der Waals surface area contributed by atoms with Gasteiger partial charge in [0.1, 0.15) is 18.2 Å². The number of hydrogen-bond donors (Lipinski definition) is 0.